The highest BCUT2D eigenvalue weighted by atomic mass is 16.6. The number of aromatic nitrogens is 1. The lowest BCUT2D eigenvalue weighted by Gasteiger charge is -2.09. The Morgan fingerprint density at radius 1 is 1.09 bits per heavy atom. The molecule has 0 spiro atoms. The molecule has 0 unspecified atom stereocenters. The highest BCUT2D eigenvalue weighted by molar-refractivity contribution is 6.02. The summed E-state index contributed by atoms with van der Waals surface area (Å²) in [6, 6.07) is 16.4. The molecule has 0 saturated heterocycles. The van der Waals surface area contributed by atoms with E-state index in [9.17, 15) is 14.9 Å². The van der Waals surface area contributed by atoms with Crippen LogP contribution in [0.1, 0.15) is 27.4 Å². The van der Waals surface area contributed by atoms with E-state index in [-0.39, 0.29) is 29.5 Å². The maximum Gasteiger partial charge on any atom is 0.291 e. The van der Waals surface area contributed by atoms with Gasteiger partial charge in [-0.2, -0.15) is 0 Å². The molecule has 9 nitrogen and oxygen atoms in total. The van der Waals surface area contributed by atoms with Crippen LogP contribution >= 0.6 is 0 Å². The van der Waals surface area contributed by atoms with E-state index in [2.05, 4.69) is 10.3 Å². The number of nitro groups is 1. The number of ether oxygens (including phenoxy) is 2. The highest BCUT2D eigenvalue weighted by Gasteiger charge is 2.16. The van der Waals surface area contributed by atoms with E-state index in [0.717, 1.165) is 16.9 Å². The average molecular weight is 459 g/mol. The minimum absolute atomic E-state index is 0.0424. The third kappa shape index (κ3) is 5.57. The minimum atomic E-state index is -0.568. The van der Waals surface area contributed by atoms with Crippen LogP contribution in [0.2, 0.25) is 0 Å². The van der Waals surface area contributed by atoms with Gasteiger partial charge in [-0.3, -0.25) is 19.9 Å². The van der Waals surface area contributed by atoms with Crippen LogP contribution in [0.25, 0.3) is 0 Å². The molecule has 4 aromatic rings. The summed E-state index contributed by atoms with van der Waals surface area (Å²) >= 11 is 0. The number of hydrogen-bond donors (Lipinski definition) is 1. The van der Waals surface area contributed by atoms with Crippen LogP contribution in [-0.2, 0) is 6.61 Å². The van der Waals surface area contributed by atoms with Crippen molar-refractivity contribution in [1.29, 1.82) is 0 Å². The third-order valence-corrected chi connectivity index (χ3v) is 4.83. The van der Waals surface area contributed by atoms with Crippen molar-refractivity contribution in [3.05, 3.63) is 106 Å². The Morgan fingerprint density at radius 2 is 1.94 bits per heavy atom. The van der Waals surface area contributed by atoms with E-state index in [4.69, 9.17) is 13.9 Å². The van der Waals surface area contributed by atoms with Crippen LogP contribution in [0, 0.1) is 24.0 Å². The molecule has 2 aromatic carbocycles. The third-order valence-electron chi connectivity index (χ3n) is 4.83. The van der Waals surface area contributed by atoms with E-state index in [1.807, 2.05) is 32.0 Å². The summed E-state index contributed by atoms with van der Waals surface area (Å²) in [7, 11) is 0. The summed E-state index contributed by atoms with van der Waals surface area (Å²) in [5.41, 5.74) is 2.01. The van der Waals surface area contributed by atoms with Crippen molar-refractivity contribution < 1.29 is 23.6 Å². The van der Waals surface area contributed by atoms with Gasteiger partial charge in [0.05, 0.1) is 22.9 Å². The minimum Gasteiger partial charge on any atom is -0.485 e. The zero-order chi connectivity index (χ0) is 24.1. The number of furan rings is 1. The number of aryl methyl sites for hydroxylation is 2. The molecule has 0 aliphatic carbocycles. The largest absolute Gasteiger partial charge is 0.485 e. The number of nitrogens with zero attached hydrogens (tertiary/aromatic N) is 2. The molecule has 172 valence electrons. The number of nitrogens with one attached hydrogen (secondary N) is 1. The second-order valence-corrected chi connectivity index (χ2v) is 7.54. The Hall–Kier alpha value is -4.66. The molecule has 1 N–H and O–H groups in total. The zero-order valence-corrected chi connectivity index (χ0v) is 18.5. The van der Waals surface area contributed by atoms with Gasteiger partial charge in [0.15, 0.2) is 5.76 Å². The van der Waals surface area contributed by atoms with Crippen LogP contribution in [-0.4, -0.2) is 15.8 Å². The lowest BCUT2D eigenvalue weighted by molar-refractivity contribution is -0.384. The lowest BCUT2D eigenvalue weighted by Crippen LogP contribution is -2.11. The van der Waals surface area contributed by atoms with Crippen molar-refractivity contribution in [1.82, 2.24) is 4.98 Å². The van der Waals surface area contributed by atoms with E-state index >= 15 is 0 Å². The molecule has 0 aliphatic heterocycles. The summed E-state index contributed by atoms with van der Waals surface area (Å²) in [4.78, 5) is 27.4. The fourth-order valence-electron chi connectivity index (χ4n) is 3.15. The topological polar surface area (TPSA) is 117 Å². The van der Waals surface area contributed by atoms with Gasteiger partial charge in [0, 0.05) is 18.3 Å². The van der Waals surface area contributed by atoms with Crippen molar-refractivity contribution >= 4 is 17.3 Å². The Morgan fingerprint density at radius 3 is 2.71 bits per heavy atom. The molecule has 4 rings (SSSR count). The predicted octanol–water partition coefficient (Wildman–Crippen LogP) is 5.82. The van der Waals surface area contributed by atoms with Crippen molar-refractivity contribution in [3.8, 4) is 17.2 Å². The first kappa shape index (κ1) is 22.5. The lowest BCUT2D eigenvalue weighted by atomic mass is 10.1. The summed E-state index contributed by atoms with van der Waals surface area (Å²) in [5.74, 6) is 1.26. The Balaban J connectivity index is 1.46. The number of carbonyl (C=O) groups excluding carboxylic acids is 1. The molecule has 2 heterocycles. The Labute approximate surface area is 195 Å². The standard InChI is InChI=1S/C25H21N3O6/c1-16-5-6-17(2)24(10-16)32-15-21-7-8-23(34-21)25(29)27-18-11-19(28(30)31)13-22(12-18)33-20-4-3-9-26-14-20/h3-14H,15H2,1-2H3,(H,27,29). The maximum atomic E-state index is 12.7. The maximum absolute atomic E-state index is 12.7. The fourth-order valence-corrected chi connectivity index (χ4v) is 3.15. The monoisotopic (exact) mass is 459 g/mol. The molecule has 0 atom stereocenters. The van der Waals surface area contributed by atoms with Gasteiger partial charge in [-0.15, -0.1) is 0 Å². The second-order valence-electron chi connectivity index (χ2n) is 7.54. The number of amides is 1. The number of pyridine rings is 1. The highest BCUT2D eigenvalue weighted by Crippen LogP contribution is 2.30. The number of carbonyl (C=O) groups is 1. The summed E-state index contributed by atoms with van der Waals surface area (Å²) in [5, 5.41) is 14.0. The molecule has 9 heteroatoms. The molecule has 0 radical (unpaired) electrons. The molecular formula is C25H21N3O6. The molecule has 34 heavy (non-hydrogen) atoms. The van der Waals surface area contributed by atoms with Crippen LogP contribution < -0.4 is 14.8 Å². The zero-order valence-electron chi connectivity index (χ0n) is 18.5. The summed E-state index contributed by atoms with van der Waals surface area (Å²) < 4.78 is 17.0. The van der Waals surface area contributed by atoms with Gasteiger partial charge in [0.25, 0.3) is 11.6 Å². The van der Waals surface area contributed by atoms with Crippen molar-refractivity contribution in [2.24, 2.45) is 0 Å². The fraction of sp³-hybridized carbons (Fsp3) is 0.120. The van der Waals surface area contributed by atoms with Crippen molar-refractivity contribution in [2.45, 2.75) is 20.5 Å². The molecule has 0 saturated carbocycles. The molecule has 0 fully saturated rings. The van der Waals surface area contributed by atoms with Gasteiger partial charge >= 0.3 is 0 Å². The van der Waals surface area contributed by atoms with Gasteiger partial charge in [0.2, 0.25) is 0 Å². The smallest absolute Gasteiger partial charge is 0.291 e. The van der Waals surface area contributed by atoms with E-state index in [1.54, 1.807) is 24.4 Å². The molecule has 1 amide bonds. The van der Waals surface area contributed by atoms with Gasteiger partial charge in [-0.25, -0.2) is 0 Å². The first-order chi connectivity index (χ1) is 16.4. The predicted molar refractivity (Wildman–Crippen MR) is 124 cm³/mol. The van der Waals surface area contributed by atoms with Gasteiger partial charge in [-0.05, 0) is 55.3 Å². The van der Waals surface area contributed by atoms with Crippen LogP contribution in [0.5, 0.6) is 17.2 Å². The first-order valence-corrected chi connectivity index (χ1v) is 10.3. The normalized spacial score (nSPS) is 10.5. The summed E-state index contributed by atoms with van der Waals surface area (Å²) in [6.45, 7) is 4.07. The van der Waals surface area contributed by atoms with E-state index in [0.29, 0.717) is 11.5 Å². The number of rotatable bonds is 8. The van der Waals surface area contributed by atoms with Crippen LogP contribution in [0.4, 0.5) is 11.4 Å². The number of benzene rings is 2. The van der Waals surface area contributed by atoms with Crippen molar-refractivity contribution in [3.63, 3.8) is 0 Å². The van der Waals surface area contributed by atoms with Crippen LogP contribution in [0.3, 0.4) is 0 Å². The SMILES string of the molecule is Cc1ccc(C)c(OCc2ccc(C(=O)Nc3cc(Oc4cccnc4)cc([N+](=O)[O-])c3)o2)c1. The summed E-state index contributed by atoms with van der Waals surface area (Å²) in [6.07, 6.45) is 3.05. The van der Waals surface area contributed by atoms with Gasteiger partial charge < -0.3 is 19.2 Å². The molecule has 0 bridgehead atoms. The van der Waals surface area contributed by atoms with Crippen LogP contribution in [0.15, 0.2) is 77.5 Å². The molecule has 2 aromatic heterocycles. The number of nitro benzene ring substituents is 1. The number of non-ortho nitro benzene ring substituents is 1. The molecular weight excluding hydrogens is 438 g/mol. The molecule has 0 aliphatic rings. The Kier molecular flexibility index (Phi) is 6.54. The number of anilines is 1. The quantitative estimate of drug-likeness (QED) is 0.260. The van der Waals surface area contributed by atoms with Gasteiger partial charge in [-0.1, -0.05) is 12.1 Å². The number of hydrogen-bond acceptors (Lipinski definition) is 7. The van der Waals surface area contributed by atoms with Gasteiger partial charge in [0.1, 0.15) is 29.6 Å². The average Bonchev–Trinajstić information content (AvgIpc) is 3.29. The van der Waals surface area contributed by atoms with E-state index < -0.39 is 10.8 Å². The first-order valence-electron chi connectivity index (χ1n) is 10.3. The second kappa shape index (κ2) is 9.86. The van der Waals surface area contributed by atoms with Crippen molar-refractivity contribution in [2.75, 3.05) is 5.32 Å². The van der Waals surface area contributed by atoms with E-state index in [1.165, 1.54) is 30.5 Å². The Bertz CT molecular complexity index is 1330.